The third-order valence-electron chi connectivity index (χ3n) is 5.82. The van der Waals surface area contributed by atoms with Crippen LogP contribution in [0.1, 0.15) is 96.3 Å². The first-order valence-electron chi connectivity index (χ1n) is 10.6. The summed E-state index contributed by atoms with van der Waals surface area (Å²) >= 11 is 0. The maximum absolute atomic E-state index is 6.53. The van der Waals surface area contributed by atoms with Crippen molar-refractivity contribution < 1.29 is 17.7 Å². The molecule has 0 heterocycles. The minimum Gasteiger partial charge on any atom is -0.487 e. The highest BCUT2D eigenvalue weighted by atomic mass is 28.4. The summed E-state index contributed by atoms with van der Waals surface area (Å²) in [6.45, 7) is 3.80. The maximum atomic E-state index is 6.53. The first-order chi connectivity index (χ1) is 12.3. The molecule has 3 aliphatic carbocycles. The van der Waals surface area contributed by atoms with Gasteiger partial charge < -0.3 is 17.7 Å². The Morgan fingerprint density at radius 2 is 0.880 bits per heavy atom. The average molecular weight is 369 g/mol. The van der Waals surface area contributed by atoms with Crippen molar-refractivity contribution >= 4 is 9.05 Å². The average Bonchev–Trinajstić information content (AvgIpc) is 2.64. The van der Waals surface area contributed by atoms with Crippen molar-refractivity contribution in [2.24, 2.45) is 0 Å². The van der Waals surface area contributed by atoms with Crippen molar-refractivity contribution in [1.29, 1.82) is 0 Å². The Bertz CT molecular complexity index is 335. The molecule has 0 radical (unpaired) electrons. The summed E-state index contributed by atoms with van der Waals surface area (Å²) < 4.78 is 25.6. The first kappa shape index (κ1) is 19.4. The number of hydrogen-bond donors (Lipinski definition) is 0. The largest absolute Gasteiger partial charge is 0.749 e. The van der Waals surface area contributed by atoms with Crippen LogP contribution >= 0.6 is 0 Å². The Morgan fingerprint density at radius 1 is 0.560 bits per heavy atom. The van der Waals surface area contributed by atoms with Gasteiger partial charge in [-0.25, -0.2) is 0 Å². The molecule has 0 atom stereocenters. The lowest BCUT2D eigenvalue weighted by Gasteiger charge is -2.38. The van der Waals surface area contributed by atoms with Gasteiger partial charge in [0.05, 0.1) is 24.6 Å². The lowest BCUT2D eigenvalue weighted by molar-refractivity contribution is -0.0902. The minimum atomic E-state index is -3.18. The van der Waals surface area contributed by atoms with E-state index in [1.165, 1.54) is 64.0 Å². The lowest BCUT2D eigenvalue weighted by atomic mass is 9.98. The van der Waals surface area contributed by atoms with E-state index < -0.39 is 9.05 Å². The molecule has 0 aromatic heterocycles. The molecule has 3 aliphatic rings. The minimum absolute atomic E-state index is 0.215. The maximum Gasteiger partial charge on any atom is 0.749 e. The molecule has 4 nitrogen and oxygen atoms in total. The monoisotopic (exact) mass is 368 g/mol. The Labute approximate surface area is 154 Å². The smallest absolute Gasteiger partial charge is 0.487 e. The van der Waals surface area contributed by atoms with Gasteiger partial charge in [0.2, 0.25) is 0 Å². The molecule has 0 aromatic rings. The van der Waals surface area contributed by atoms with E-state index in [1.54, 1.807) is 0 Å². The van der Waals surface area contributed by atoms with E-state index in [0.717, 1.165) is 38.5 Å². The van der Waals surface area contributed by atoms with E-state index in [-0.39, 0.29) is 18.3 Å². The zero-order valence-corrected chi connectivity index (χ0v) is 16.8. The van der Waals surface area contributed by atoms with Crippen LogP contribution in [0.15, 0.2) is 12.8 Å². The third kappa shape index (κ3) is 6.09. The SMILES string of the molecule is C=CO[Si](OC1CCCCC1)(OC1CCCCC1)OC1CCCCC1. The number of hydrogen-bond acceptors (Lipinski definition) is 4. The van der Waals surface area contributed by atoms with E-state index in [9.17, 15) is 0 Å². The fourth-order valence-corrected chi connectivity index (χ4v) is 6.90. The van der Waals surface area contributed by atoms with Crippen LogP contribution in [-0.2, 0) is 17.7 Å². The van der Waals surface area contributed by atoms with Crippen LogP contribution in [0.2, 0.25) is 0 Å². The highest BCUT2D eigenvalue weighted by molar-refractivity contribution is 6.54. The third-order valence-corrected chi connectivity index (χ3v) is 8.14. The van der Waals surface area contributed by atoms with Crippen molar-refractivity contribution in [2.75, 3.05) is 0 Å². The topological polar surface area (TPSA) is 36.9 Å². The first-order valence-corrected chi connectivity index (χ1v) is 12.3. The molecule has 25 heavy (non-hydrogen) atoms. The second-order valence-corrected chi connectivity index (χ2v) is 9.86. The lowest BCUT2D eigenvalue weighted by Crippen LogP contribution is -2.55. The second-order valence-electron chi connectivity index (χ2n) is 7.92. The van der Waals surface area contributed by atoms with Gasteiger partial charge in [0.25, 0.3) is 0 Å². The summed E-state index contributed by atoms with van der Waals surface area (Å²) in [5, 5.41) is 0. The van der Waals surface area contributed by atoms with E-state index in [2.05, 4.69) is 6.58 Å². The van der Waals surface area contributed by atoms with Gasteiger partial charge in [-0.3, -0.25) is 0 Å². The van der Waals surface area contributed by atoms with Crippen LogP contribution in [0, 0.1) is 0 Å². The fraction of sp³-hybridized carbons (Fsp3) is 0.900. The molecule has 0 N–H and O–H groups in total. The standard InChI is InChI=1S/C20H36O4Si/c1-2-21-25(22-18-12-6-3-7-13-18,23-19-14-8-4-9-15-19)24-20-16-10-5-11-17-20/h2,18-20H,1,3-17H2. The van der Waals surface area contributed by atoms with E-state index >= 15 is 0 Å². The van der Waals surface area contributed by atoms with Crippen molar-refractivity contribution in [3.8, 4) is 0 Å². The molecule has 0 aromatic carbocycles. The molecule has 0 bridgehead atoms. The molecule has 0 unspecified atom stereocenters. The predicted octanol–water partition coefficient (Wildman–Crippen LogP) is 5.63. The molecular weight excluding hydrogens is 332 g/mol. The van der Waals surface area contributed by atoms with Crippen LogP contribution in [0.25, 0.3) is 0 Å². The van der Waals surface area contributed by atoms with Gasteiger partial charge in [-0.05, 0) is 38.5 Å². The molecule has 3 saturated carbocycles. The molecule has 0 amide bonds. The van der Waals surface area contributed by atoms with Gasteiger partial charge in [0.1, 0.15) is 0 Å². The van der Waals surface area contributed by atoms with Gasteiger partial charge in [-0.2, -0.15) is 0 Å². The van der Waals surface area contributed by atoms with Crippen LogP contribution in [0.5, 0.6) is 0 Å². The Balaban J connectivity index is 1.70. The summed E-state index contributed by atoms with van der Waals surface area (Å²) in [5.74, 6) is 0. The van der Waals surface area contributed by atoms with E-state index in [1.807, 2.05) is 0 Å². The predicted molar refractivity (Wildman–Crippen MR) is 101 cm³/mol. The molecule has 0 aliphatic heterocycles. The van der Waals surface area contributed by atoms with Crippen LogP contribution in [0.3, 0.4) is 0 Å². The summed E-state index contributed by atoms with van der Waals surface area (Å²) in [6, 6.07) is 0. The van der Waals surface area contributed by atoms with Gasteiger partial charge in [-0.15, -0.1) is 0 Å². The van der Waals surface area contributed by atoms with Crippen LogP contribution in [-0.4, -0.2) is 27.4 Å². The molecule has 0 saturated heterocycles. The van der Waals surface area contributed by atoms with Crippen molar-refractivity contribution in [2.45, 2.75) is 115 Å². The number of rotatable bonds is 8. The van der Waals surface area contributed by atoms with Crippen molar-refractivity contribution in [3.63, 3.8) is 0 Å². The summed E-state index contributed by atoms with van der Waals surface area (Å²) in [5.41, 5.74) is 0. The summed E-state index contributed by atoms with van der Waals surface area (Å²) in [6.07, 6.45) is 20.0. The molecule has 5 heteroatoms. The van der Waals surface area contributed by atoms with Crippen molar-refractivity contribution in [1.82, 2.24) is 0 Å². The Hall–Kier alpha value is -0.363. The highest BCUT2D eigenvalue weighted by Gasteiger charge is 2.53. The molecule has 144 valence electrons. The summed E-state index contributed by atoms with van der Waals surface area (Å²) in [7, 11) is -3.18. The second kappa shape index (κ2) is 10.1. The molecular formula is C20H36O4Si. The van der Waals surface area contributed by atoms with Crippen LogP contribution < -0.4 is 0 Å². The quantitative estimate of drug-likeness (QED) is 0.411. The van der Waals surface area contributed by atoms with Gasteiger partial charge in [0, 0.05) is 0 Å². The van der Waals surface area contributed by atoms with Gasteiger partial charge in [0.15, 0.2) is 0 Å². The van der Waals surface area contributed by atoms with E-state index in [0.29, 0.717) is 0 Å². The zero-order valence-electron chi connectivity index (χ0n) is 15.8. The molecule has 0 spiro atoms. The van der Waals surface area contributed by atoms with Crippen LogP contribution in [0.4, 0.5) is 0 Å². The van der Waals surface area contributed by atoms with Crippen molar-refractivity contribution in [3.05, 3.63) is 12.8 Å². The fourth-order valence-electron chi connectivity index (χ4n) is 4.43. The Morgan fingerprint density at radius 3 is 1.16 bits per heavy atom. The Kier molecular flexibility index (Phi) is 7.83. The molecule has 3 fully saturated rings. The highest BCUT2D eigenvalue weighted by Crippen LogP contribution is 2.32. The molecule has 3 rings (SSSR count). The summed E-state index contributed by atoms with van der Waals surface area (Å²) in [4.78, 5) is 0. The van der Waals surface area contributed by atoms with Gasteiger partial charge >= 0.3 is 9.05 Å². The normalized spacial score (nSPS) is 25.0. The zero-order chi connectivity index (χ0) is 17.4. The van der Waals surface area contributed by atoms with E-state index in [4.69, 9.17) is 17.7 Å². The van der Waals surface area contributed by atoms with Gasteiger partial charge in [-0.1, -0.05) is 64.4 Å².